The summed E-state index contributed by atoms with van der Waals surface area (Å²) < 4.78 is 11.4. The van der Waals surface area contributed by atoms with E-state index in [1.54, 1.807) is 11.3 Å². The predicted molar refractivity (Wildman–Crippen MR) is 139 cm³/mol. The van der Waals surface area contributed by atoms with Crippen LogP contribution in [0, 0.1) is 0 Å². The van der Waals surface area contributed by atoms with Crippen molar-refractivity contribution in [1.29, 1.82) is 0 Å². The summed E-state index contributed by atoms with van der Waals surface area (Å²) in [5.41, 5.74) is 3.72. The van der Waals surface area contributed by atoms with Gasteiger partial charge in [-0.15, -0.1) is 11.3 Å². The van der Waals surface area contributed by atoms with Crippen molar-refractivity contribution >= 4 is 22.9 Å². The molecule has 1 aromatic heterocycles. The molecular weight excluding hydrogens is 458 g/mol. The third-order valence-corrected chi connectivity index (χ3v) is 6.65. The second-order valence-corrected chi connectivity index (χ2v) is 9.23. The van der Waals surface area contributed by atoms with E-state index in [1.807, 2.05) is 60.0 Å². The number of nitrogens with zero attached hydrogens (tertiary/aromatic N) is 2. The van der Waals surface area contributed by atoms with Crippen LogP contribution >= 0.6 is 11.3 Å². The first-order valence-electron chi connectivity index (χ1n) is 11.7. The van der Waals surface area contributed by atoms with Crippen LogP contribution in [0.5, 0.6) is 11.5 Å². The standard InChI is InChI=1S/C28H27N3O3S/c32-27(30-25-11-4-5-12-26(25)34-24-9-2-1-3-10-24)18-23-20-35-28(29-23)22-8-6-7-21(17-22)19-31-13-15-33-16-14-31/h1-12,17,20H,13-16,18-19H2,(H,30,32). The van der Waals surface area contributed by atoms with Crippen molar-refractivity contribution in [2.75, 3.05) is 31.6 Å². The van der Waals surface area contributed by atoms with Gasteiger partial charge in [-0.3, -0.25) is 9.69 Å². The molecule has 5 rings (SSSR count). The number of aromatic nitrogens is 1. The molecule has 1 saturated heterocycles. The van der Waals surface area contributed by atoms with E-state index in [1.165, 1.54) is 5.56 Å². The SMILES string of the molecule is O=C(Cc1csc(-c2cccc(CN3CCOCC3)c2)n1)Nc1ccccc1Oc1ccccc1. The molecule has 0 aliphatic carbocycles. The number of para-hydroxylation sites is 3. The minimum absolute atomic E-state index is 0.132. The Morgan fingerprint density at radius 1 is 1.00 bits per heavy atom. The molecule has 35 heavy (non-hydrogen) atoms. The van der Waals surface area contributed by atoms with Gasteiger partial charge >= 0.3 is 0 Å². The summed E-state index contributed by atoms with van der Waals surface area (Å²) in [6.45, 7) is 4.41. The lowest BCUT2D eigenvalue weighted by Crippen LogP contribution is -2.35. The maximum absolute atomic E-state index is 12.8. The van der Waals surface area contributed by atoms with Gasteiger partial charge in [0.25, 0.3) is 0 Å². The van der Waals surface area contributed by atoms with Gasteiger partial charge < -0.3 is 14.8 Å². The fourth-order valence-corrected chi connectivity index (χ4v) is 4.79. The van der Waals surface area contributed by atoms with Crippen LogP contribution in [-0.4, -0.2) is 42.1 Å². The highest BCUT2D eigenvalue weighted by atomic mass is 32.1. The number of carbonyl (C=O) groups excluding carboxylic acids is 1. The molecule has 1 amide bonds. The number of benzene rings is 3. The van der Waals surface area contributed by atoms with Gasteiger partial charge in [0.15, 0.2) is 5.75 Å². The van der Waals surface area contributed by atoms with Gasteiger partial charge in [0.05, 0.1) is 31.0 Å². The minimum atomic E-state index is -0.132. The van der Waals surface area contributed by atoms with Crippen molar-refractivity contribution in [2.24, 2.45) is 0 Å². The number of nitrogens with one attached hydrogen (secondary N) is 1. The third kappa shape index (κ3) is 6.33. The van der Waals surface area contributed by atoms with E-state index in [4.69, 9.17) is 14.5 Å². The molecule has 0 unspecified atom stereocenters. The second kappa shape index (κ2) is 11.3. The topological polar surface area (TPSA) is 63.7 Å². The summed E-state index contributed by atoms with van der Waals surface area (Å²) >= 11 is 1.56. The average Bonchev–Trinajstić information content (AvgIpc) is 3.35. The molecule has 2 heterocycles. The van der Waals surface area contributed by atoms with E-state index in [-0.39, 0.29) is 12.3 Å². The molecule has 1 N–H and O–H groups in total. The Hall–Kier alpha value is -3.52. The number of amides is 1. The van der Waals surface area contributed by atoms with Crippen molar-refractivity contribution in [2.45, 2.75) is 13.0 Å². The molecule has 4 aromatic rings. The van der Waals surface area contributed by atoms with Crippen molar-refractivity contribution in [3.05, 3.63) is 95.5 Å². The highest BCUT2D eigenvalue weighted by molar-refractivity contribution is 7.13. The molecule has 0 atom stereocenters. The summed E-state index contributed by atoms with van der Waals surface area (Å²) in [6, 6.07) is 25.4. The average molecular weight is 486 g/mol. The summed E-state index contributed by atoms with van der Waals surface area (Å²) in [7, 11) is 0. The minimum Gasteiger partial charge on any atom is -0.455 e. The maximum Gasteiger partial charge on any atom is 0.230 e. The van der Waals surface area contributed by atoms with Crippen molar-refractivity contribution in [3.8, 4) is 22.1 Å². The van der Waals surface area contributed by atoms with Crippen LogP contribution in [0.3, 0.4) is 0 Å². The fraction of sp³-hybridized carbons (Fsp3) is 0.214. The van der Waals surface area contributed by atoms with Gasteiger partial charge in [0, 0.05) is 30.6 Å². The fourth-order valence-electron chi connectivity index (χ4n) is 3.97. The van der Waals surface area contributed by atoms with Crippen LogP contribution < -0.4 is 10.1 Å². The number of carbonyl (C=O) groups is 1. The quantitative estimate of drug-likeness (QED) is 0.351. The number of rotatable bonds is 8. The zero-order valence-electron chi connectivity index (χ0n) is 19.4. The molecule has 1 aliphatic heterocycles. The van der Waals surface area contributed by atoms with E-state index in [9.17, 15) is 4.79 Å². The number of ether oxygens (including phenoxy) is 2. The van der Waals surface area contributed by atoms with E-state index in [0.29, 0.717) is 17.2 Å². The summed E-state index contributed by atoms with van der Waals surface area (Å²) in [4.78, 5) is 19.9. The van der Waals surface area contributed by atoms with Crippen LogP contribution in [0.15, 0.2) is 84.2 Å². The van der Waals surface area contributed by atoms with E-state index >= 15 is 0 Å². The maximum atomic E-state index is 12.8. The number of hydrogen-bond donors (Lipinski definition) is 1. The van der Waals surface area contributed by atoms with Crippen LogP contribution in [-0.2, 0) is 22.5 Å². The van der Waals surface area contributed by atoms with Crippen molar-refractivity contribution < 1.29 is 14.3 Å². The van der Waals surface area contributed by atoms with Gasteiger partial charge in [0.1, 0.15) is 10.8 Å². The first-order chi connectivity index (χ1) is 17.2. The Labute approximate surface area is 209 Å². The van der Waals surface area contributed by atoms with Gasteiger partial charge in [-0.1, -0.05) is 48.5 Å². The first-order valence-corrected chi connectivity index (χ1v) is 12.6. The molecule has 1 aliphatic rings. The number of morpholine rings is 1. The highest BCUT2D eigenvalue weighted by Crippen LogP contribution is 2.30. The zero-order chi connectivity index (χ0) is 23.9. The Morgan fingerprint density at radius 3 is 2.66 bits per heavy atom. The number of anilines is 1. The molecule has 7 heteroatoms. The lowest BCUT2D eigenvalue weighted by atomic mass is 10.1. The van der Waals surface area contributed by atoms with Crippen LogP contribution in [0.25, 0.3) is 10.6 Å². The molecule has 3 aromatic carbocycles. The third-order valence-electron chi connectivity index (χ3n) is 5.71. The zero-order valence-corrected chi connectivity index (χ0v) is 20.2. The molecule has 6 nitrogen and oxygen atoms in total. The molecule has 0 radical (unpaired) electrons. The summed E-state index contributed by atoms with van der Waals surface area (Å²) in [6.07, 6.45) is 0.198. The van der Waals surface area contributed by atoms with Crippen molar-refractivity contribution in [3.63, 3.8) is 0 Å². The molecule has 178 valence electrons. The first kappa shape index (κ1) is 23.2. The van der Waals surface area contributed by atoms with E-state index in [0.717, 1.165) is 49.1 Å². The van der Waals surface area contributed by atoms with E-state index in [2.05, 4.69) is 34.5 Å². The molecule has 0 spiro atoms. The molecule has 1 fully saturated rings. The molecule has 0 saturated carbocycles. The Morgan fingerprint density at radius 2 is 1.80 bits per heavy atom. The lowest BCUT2D eigenvalue weighted by Gasteiger charge is -2.26. The van der Waals surface area contributed by atoms with E-state index < -0.39 is 0 Å². The highest BCUT2D eigenvalue weighted by Gasteiger charge is 2.14. The van der Waals surface area contributed by atoms with Crippen LogP contribution in [0.2, 0.25) is 0 Å². The summed E-state index contributed by atoms with van der Waals surface area (Å²) in [5, 5.41) is 5.84. The van der Waals surface area contributed by atoms with Crippen LogP contribution in [0.4, 0.5) is 5.69 Å². The smallest absolute Gasteiger partial charge is 0.230 e. The largest absolute Gasteiger partial charge is 0.455 e. The molecule has 0 bridgehead atoms. The molecular formula is C28H27N3O3S. The monoisotopic (exact) mass is 485 g/mol. The van der Waals surface area contributed by atoms with Gasteiger partial charge in [-0.25, -0.2) is 4.98 Å². The normalized spacial score (nSPS) is 13.9. The van der Waals surface area contributed by atoms with Gasteiger partial charge in [-0.2, -0.15) is 0 Å². The summed E-state index contributed by atoms with van der Waals surface area (Å²) in [5.74, 6) is 1.18. The van der Waals surface area contributed by atoms with Gasteiger partial charge in [-0.05, 0) is 35.9 Å². The Bertz CT molecular complexity index is 1270. The Kier molecular flexibility index (Phi) is 7.48. The van der Waals surface area contributed by atoms with Crippen molar-refractivity contribution in [1.82, 2.24) is 9.88 Å². The van der Waals surface area contributed by atoms with Gasteiger partial charge in [0.2, 0.25) is 5.91 Å². The van der Waals surface area contributed by atoms with Crippen LogP contribution in [0.1, 0.15) is 11.3 Å². The number of thiazole rings is 1. The lowest BCUT2D eigenvalue weighted by molar-refractivity contribution is -0.115. The Balaban J connectivity index is 1.22. The number of hydrogen-bond acceptors (Lipinski definition) is 6. The second-order valence-electron chi connectivity index (χ2n) is 8.37. The predicted octanol–water partition coefficient (Wildman–Crippen LogP) is 5.62.